The van der Waals surface area contributed by atoms with Crippen LogP contribution in [-0.2, 0) is 4.79 Å². The van der Waals surface area contributed by atoms with Crippen molar-refractivity contribution in [1.82, 2.24) is 19.9 Å². The first kappa shape index (κ1) is 16.5. The van der Waals surface area contributed by atoms with Crippen LogP contribution >= 0.6 is 11.8 Å². The molecular weight excluding hydrogens is 320 g/mol. The third kappa shape index (κ3) is 3.76. The second-order valence-corrected chi connectivity index (χ2v) is 6.58. The average molecular weight is 340 g/mol. The topological polar surface area (TPSA) is 59.3 Å². The van der Waals surface area contributed by atoms with Gasteiger partial charge >= 0.3 is 0 Å². The van der Waals surface area contributed by atoms with Gasteiger partial charge in [0.05, 0.1) is 11.8 Å². The van der Waals surface area contributed by atoms with Crippen LogP contribution in [0, 0.1) is 6.92 Å². The Morgan fingerprint density at radius 3 is 2.75 bits per heavy atom. The quantitative estimate of drug-likeness (QED) is 0.699. The summed E-state index contributed by atoms with van der Waals surface area (Å²) in [5.41, 5.74) is 3.13. The predicted molar refractivity (Wildman–Crippen MR) is 96.1 cm³/mol. The van der Waals surface area contributed by atoms with Crippen molar-refractivity contribution in [2.45, 2.75) is 31.5 Å². The minimum Gasteiger partial charge on any atom is -0.349 e. The third-order valence-electron chi connectivity index (χ3n) is 3.84. The molecule has 1 atom stereocenters. The summed E-state index contributed by atoms with van der Waals surface area (Å²) >= 11 is 1.39. The summed E-state index contributed by atoms with van der Waals surface area (Å²) in [6.07, 6.45) is 2.75. The van der Waals surface area contributed by atoms with Crippen molar-refractivity contribution in [2.75, 3.05) is 5.75 Å². The molecule has 0 unspecified atom stereocenters. The molecule has 0 saturated heterocycles. The van der Waals surface area contributed by atoms with Crippen LogP contribution in [0.3, 0.4) is 0 Å². The molecule has 0 spiro atoms. The van der Waals surface area contributed by atoms with Crippen molar-refractivity contribution >= 4 is 23.3 Å². The minimum atomic E-state index is 0.0000983. The fraction of sp³-hybridized carbons (Fsp3) is 0.278. The molecule has 2 aromatic heterocycles. The van der Waals surface area contributed by atoms with Gasteiger partial charge in [0.2, 0.25) is 5.91 Å². The Bertz CT molecular complexity index is 828. The molecule has 0 radical (unpaired) electrons. The number of amides is 1. The molecule has 3 rings (SSSR count). The molecule has 0 bridgehead atoms. The number of nitrogens with one attached hydrogen (secondary N) is 1. The molecular formula is C18H20N4OS. The van der Waals surface area contributed by atoms with E-state index in [1.54, 1.807) is 0 Å². The second kappa shape index (κ2) is 7.49. The summed E-state index contributed by atoms with van der Waals surface area (Å²) in [7, 11) is 0. The monoisotopic (exact) mass is 340 g/mol. The van der Waals surface area contributed by atoms with Crippen LogP contribution in [0.4, 0.5) is 0 Å². The van der Waals surface area contributed by atoms with Crippen molar-refractivity contribution in [1.29, 1.82) is 0 Å². The Balaban J connectivity index is 1.61. The fourth-order valence-corrected chi connectivity index (χ4v) is 3.24. The first-order valence-corrected chi connectivity index (χ1v) is 8.94. The molecule has 2 heterocycles. The lowest BCUT2D eigenvalue weighted by atomic mass is 10.0. The highest BCUT2D eigenvalue weighted by Crippen LogP contribution is 2.19. The Morgan fingerprint density at radius 1 is 1.21 bits per heavy atom. The number of pyridine rings is 1. The molecule has 6 heteroatoms. The van der Waals surface area contributed by atoms with Gasteiger partial charge in [-0.15, -0.1) is 10.2 Å². The van der Waals surface area contributed by atoms with Gasteiger partial charge in [-0.05, 0) is 31.0 Å². The Labute approximate surface area is 145 Å². The molecule has 0 aliphatic rings. The molecule has 0 aliphatic carbocycles. The van der Waals surface area contributed by atoms with Crippen LogP contribution in [0.25, 0.3) is 5.65 Å². The Morgan fingerprint density at radius 2 is 2.00 bits per heavy atom. The van der Waals surface area contributed by atoms with E-state index in [1.807, 2.05) is 28.8 Å². The van der Waals surface area contributed by atoms with Crippen molar-refractivity contribution in [2.24, 2.45) is 0 Å². The molecule has 0 fully saturated rings. The highest BCUT2D eigenvalue weighted by Gasteiger charge is 2.14. The lowest BCUT2D eigenvalue weighted by molar-refractivity contribution is -0.119. The third-order valence-corrected chi connectivity index (χ3v) is 4.78. The van der Waals surface area contributed by atoms with E-state index in [0.717, 1.165) is 22.8 Å². The SMILES string of the molecule is CC[C@@H](NC(=O)CSc1nnc2ccccn12)c1ccc(C)cc1. The molecule has 1 amide bonds. The standard InChI is InChI=1S/C18H20N4OS/c1-3-15(14-9-7-13(2)8-10-14)19-17(23)12-24-18-21-20-16-6-4-5-11-22(16)18/h4-11,15H,3,12H2,1-2H3,(H,19,23)/t15-/m1/s1. The first-order valence-electron chi connectivity index (χ1n) is 7.96. The molecule has 24 heavy (non-hydrogen) atoms. The number of rotatable bonds is 6. The minimum absolute atomic E-state index is 0.0000983. The zero-order valence-corrected chi connectivity index (χ0v) is 14.6. The van der Waals surface area contributed by atoms with Crippen molar-refractivity contribution in [3.05, 3.63) is 59.8 Å². The second-order valence-electron chi connectivity index (χ2n) is 5.64. The van der Waals surface area contributed by atoms with E-state index < -0.39 is 0 Å². The van der Waals surface area contributed by atoms with Crippen LogP contribution in [0.1, 0.15) is 30.5 Å². The highest BCUT2D eigenvalue weighted by atomic mass is 32.2. The van der Waals surface area contributed by atoms with Gasteiger partial charge in [-0.25, -0.2) is 0 Å². The van der Waals surface area contributed by atoms with Gasteiger partial charge in [0.1, 0.15) is 0 Å². The smallest absolute Gasteiger partial charge is 0.230 e. The largest absolute Gasteiger partial charge is 0.349 e. The summed E-state index contributed by atoms with van der Waals surface area (Å²) in [4.78, 5) is 12.3. The van der Waals surface area contributed by atoms with Gasteiger partial charge in [-0.1, -0.05) is 54.6 Å². The summed E-state index contributed by atoms with van der Waals surface area (Å²) in [5.74, 6) is 0.318. The molecule has 3 aromatic rings. The molecule has 5 nitrogen and oxygen atoms in total. The summed E-state index contributed by atoms with van der Waals surface area (Å²) in [6, 6.07) is 14.0. The lowest BCUT2D eigenvalue weighted by Gasteiger charge is -2.17. The number of nitrogens with zero attached hydrogens (tertiary/aromatic N) is 3. The molecule has 1 N–H and O–H groups in total. The maximum atomic E-state index is 12.3. The summed E-state index contributed by atoms with van der Waals surface area (Å²) in [6.45, 7) is 4.13. The van der Waals surface area contributed by atoms with Gasteiger partial charge in [0.25, 0.3) is 0 Å². The van der Waals surface area contributed by atoms with Crippen LogP contribution < -0.4 is 5.32 Å². The molecule has 124 valence electrons. The first-order chi connectivity index (χ1) is 11.7. The highest BCUT2D eigenvalue weighted by molar-refractivity contribution is 7.99. The van der Waals surface area contributed by atoms with Crippen LogP contribution in [0.2, 0.25) is 0 Å². The summed E-state index contributed by atoms with van der Waals surface area (Å²) < 4.78 is 1.88. The van der Waals surface area contributed by atoms with Gasteiger partial charge in [-0.2, -0.15) is 0 Å². The van der Waals surface area contributed by atoms with Crippen molar-refractivity contribution in [3.63, 3.8) is 0 Å². The molecule has 0 saturated carbocycles. The molecule has 1 aromatic carbocycles. The predicted octanol–water partition coefficient (Wildman–Crippen LogP) is 3.40. The van der Waals surface area contributed by atoms with Crippen LogP contribution in [0.15, 0.2) is 53.8 Å². The maximum Gasteiger partial charge on any atom is 0.230 e. The molecule has 0 aliphatic heterocycles. The van der Waals surface area contributed by atoms with E-state index in [4.69, 9.17) is 0 Å². The van der Waals surface area contributed by atoms with Crippen LogP contribution in [-0.4, -0.2) is 26.3 Å². The van der Waals surface area contributed by atoms with Crippen LogP contribution in [0.5, 0.6) is 0 Å². The van der Waals surface area contributed by atoms with E-state index >= 15 is 0 Å². The van der Waals surface area contributed by atoms with Crippen molar-refractivity contribution in [3.8, 4) is 0 Å². The zero-order chi connectivity index (χ0) is 16.9. The van der Waals surface area contributed by atoms with Gasteiger partial charge in [0, 0.05) is 6.20 Å². The number of hydrogen-bond acceptors (Lipinski definition) is 4. The van der Waals surface area contributed by atoms with E-state index in [-0.39, 0.29) is 11.9 Å². The number of thioether (sulfide) groups is 1. The van der Waals surface area contributed by atoms with Gasteiger partial charge < -0.3 is 5.32 Å². The normalized spacial score (nSPS) is 12.2. The van der Waals surface area contributed by atoms with E-state index in [2.05, 4.69) is 53.6 Å². The number of hydrogen-bond donors (Lipinski definition) is 1. The van der Waals surface area contributed by atoms with E-state index in [0.29, 0.717) is 5.75 Å². The average Bonchev–Trinajstić information content (AvgIpc) is 3.02. The maximum absolute atomic E-state index is 12.3. The van der Waals surface area contributed by atoms with Crippen molar-refractivity contribution < 1.29 is 4.79 Å². The number of fused-ring (bicyclic) bond motifs is 1. The number of carbonyl (C=O) groups excluding carboxylic acids is 1. The van der Waals surface area contributed by atoms with Gasteiger partial charge in [0.15, 0.2) is 10.8 Å². The Hall–Kier alpha value is -2.34. The van der Waals surface area contributed by atoms with E-state index in [9.17, 15) is 4.79 Å². The number of aryl methyl sites for hydroxylation is 1. The fourth-order valence-electron chi connectivity index (χ4n) is 2.50. The Kier molecular flexibility index (Phi) is 5.15. The lowest BCUT2D eigenvalue weighted by Crippen LogP contribution is -2.29. The summed E-state index contributed by atoms with van der Waals surface area (Å²) in [5, 5.41) is 12.0. The zero-order valence-electron chi connectivity index (χ0n) is 13.8. The van der Waals surface area contributed by atoms with Gasteiger partial charge in [-0.3, -0.25) is 9.20 Å². The van der Waals surface area contributed by atoms with E-state index in [1.165, 1.54) is 17.3 Å². The number of aromatic nitrogens is 3. The number of carbonyl (C=O) groups is 1. The number of benzene rings is 1.